The average Bonchev–Trinajstić information content (AvgIpc) is 2.55. The predicted octanol–water partition coefficient (Wildman–Crippen LogP) is 2.49. The molecular weight excluding hydrogens is 212 g/mol. The van der Waals surface area contributed by atoms with Crippen LogP contribution in [0.25, 0.3) is 5.52 Å². The van der Waals surface area contributed by atoms with Crippen LogP contribution in [0.2, 0.25) is 5.15 Å². The minimum absolute atomic E-state index is 0.560. The van der Waals surface area contributed by atoms with Gasteiger partial charge < -0.3 is 4.74 Å². The number of halogens is 1. The van der Waals surface area contributed by atoms with Gasteiger partial charge in [-0.15, -0.1) is 0 Å². The van der Waals surface area contributed by atoms with Crippen LogP contribution in [0.5, 0.6) is 0 Å². The van der Waals surface area contributed by atoms with Crippen LogP contribution in [0.15, 0.2) is 18.2 Å². The van der Waals surface area contributed by atoms with Crippen molar-refractivity contribution >= 4 is 17.1 Å². The van der Waals surface area contributed by atoms with Gasteiger partial charge in [-0.3, -0.25) is 4.40 Å². The summed E-state index contributed by atoms with van der Waals surface area (Å²) >= 11 is 6.06. The summed E-state index contributed by atoms with van der Waals surface area (Å²) in [5, 5.41) is 0.560. The van der Waals surface area contributed by atoms with Gasteiger partial charge in [-0.05, 0) is 19.1 Å². The zero-order valence-electron chi connectivity index (χ0n) is 8.83. The summed E-state index contributed by atoms with van der Waals surface area (Å²) in [5.74, 6) is 0.954. The fourth-order valence-corrected chi connectivity index (χ4v) is 1.95. The van der Waals surface area contributed by atoms with Gasteiger partial charge in [0, 0.05) is 19.2 Å². The second-order valence-electron chi connectivity index (χ2n) is 3.45. The number of ether oxygens (including phenoxy) is 1. The molecule has 0 aliphatic carbocycles. The number of aryl methyl sites for hydroxylation is 1. The van der Waals surface area contributed by atoms with E-state index in [0.717, 1.165) is 23.5 Å². The van der Waals surface area contributed by atoms with Gasteiger partial charge in [0.1, 0.15) is 5.82 Å². The van der Waals surface area contributed by atoms with Crippen LogP contribution in [0.4, 0.5) is 0 Å². The van der Waals surface area contributed by atoms with Crippen molar-refractivity contribution in [1.29, 1.82) is 0 Å². The maximum absolute atomic E-state index is 6.06. The minimum Gasteiger partial charge on any atom is -0.384 e. The zero-order valence-corrected chi connectivity index (χ0v) is 9.58. The second-order valence-corrected chi connectivity index (χ2v) is 3.81. The quantitative estimate of drug-likeness (QED) is 0.801. The van der Waals surface area contributed by atoms with Gasteiger partial charge in [0.15, 0.2) is 5.15 Å². The van der Waals surface area contributed by atoms with Gasteiger partial charge >= 0.3 is 0 Å². The average molecular weight is 225 g/mol. The molecule has 2 aromatic heterocycles. The van der Waals surface area contributed by atoms with Crippen molar-refractivity contribution in [2.24, 2.45) is 0 Å². The normalized spacial score (nSPS) is 11.1. The summed E-state index contributed by atoms with van der Waals surface area (Å²) in [6.07, 6.45) is 0.773. The molecule has 2 rings (SSSR count). The number of pyridine rings is 1. The molecule has 3 nitrogen and oxygen atoms in total. The Morgan fingerprint density at radius 3 is 3.00 bits per heavy atom. The van der Waals surface area contributed by atoms with Crippen molar-refractivity contribution in [3.63, 3.8) is 0 Å². The van der Waals surface area contributed by atoms with E-state index in [4.69, 9.17) is 16.3 Å². The van der Waals surface area contributed by atoms with Gasteiger partial charge in [-0.1, -0.05) is 17.7 Å². The molecule has 80 valence electrons. The Morgan fingerprint density at radius 2 is 2.27 bits per heavy atom. The summed E-state index contributed by atoms with van der Waals surface area (Å²) in [6, 6.07) is 6.00. The summed E-state index contributed by atoms with van der Waals surface area (Å²) in [6.45, 7) is 2.70. The molecular formula is C11H13ClN2O. The number of fused-ring (bicyclic) bond motifs is 1. The molecule has 0 atom stereocenters. The molecule has 0 amide bonds. The Kier molecular flexibility index (Phi) is 2.93. The van der Waals surface area contributed by atoms with Crippen molar-refractivity contribution in [2.75, 3.05) is 13.7 Å². The summed E-state index contributed by atoms with van der Waals surface area (Å²) in [7, 11) is 1.68. The molecule has 0 aliphatic rings. The lowest BCUT2D eigenvalue weighted by Gasteiger charge is -2.03. The third kappa shape index (κ3) is 1.85. The number of methoxy groups -OCH3 is 1. The highest BCUT2D eigenvalue weighted by atomic mass is 35.5. The van der Waals surface area contributed by atoms with Crippen LogP contribution in [0, 0.1) is 6.92 Å². The Balaban J connectivity index is 2.54. The lowest BCUT2D eigenvalue weighted by molar-refractivity contribution is 0.200. The fraction of sp³-hybridized carbons (Fsp3) is 0.364. The van der Waals surface area contributed by atoms with E-state index in [1.165, 1.54) is 0 Å². The van der Waals surface area contributed by atoms with Crippen molar-refractivity contribution in [2.45, 2.75) is 13.3 Å². The monoisotopic (exact) mass is 224 g/mol. The van der Waals surface area contributed by atoms with E-state index in [9.17, 15) is 0 Å². The number of rotatable bonds is 3. The molecule has 0 unspecified atom stereocenters. The first-order valence-electron chi connectivity index (χ1n) is 4.85. The first kappa shape index (κ1) is 10.5. The van der Waals surface area contributed by atoms with Gasteiger partial charge in [0.2, 0.25) is 0 Å². The van der Waals surface area contributed by atoms with Crippen molar-refractivity contribution in [3.05, 3.63) is 34.9 Å². The van der Waals surface area contributed by atoms with E-state index < -0.39 is 0 Å². The Morgan fingerprint density at radius 1 is 1.47 bits per heavy atom. The topological polar surface area (TPSA) is 26.5 Å². The Hall–Kier alpha value is -1.06. The molecule has 0 N–H and O–H groups in total. The number of hydrogen-bond acceptors (Lipinski definition) is 2. The van der Waals surface area contributed by atoms with Crippen LogP contribution in [0.1, 0.15) is 11.5 Å². The van der Waals surface area contributed by atoms with Crippen LogP contribution >= 0.6 is 11.6 Å². The summed E-state index contributed by atoms with van der Waals surface area (Å²) in [5.41, 5.74) is 2.10. The number of aromatic nitrogens is 2. The molecule has 0 saturated carbocycles. The van der Waals surface area contributed by atoms with E-state index in [1.54, 1.807) is 7.11 Å². The first-order valence-corrected chi connectivity index (χ1v) is 5.23. The van der Waals surface area contributed by atoms with Crippen LogP contribution in [-0.2, 0) is 11.2 Å². The molecule has 2 heterocycles. The SMILES string of the molecule is COCCc1nc(Cl)c2cccc(C)n12. The summed E-state index contributed by atoms with van der Waals surface area (Å²) < 4.78 is 7.12. The predicted molar refractivity (Wildman–Crippen MR) is 60.5 cm³/mol. The van der Waals surface area contributed by atoms with E-state index in [1.807, 2.05) is 25.1 Å². The fourth-order valence-electron chi connectivity index (χ4n) is 1.70. The molecule has 0 aromatic carbocycles. The molecule has 0 saturated heterocycles. The molecule has 0 radical (unpaired) electrons. The van der Waals surface area contributed by atoms with Crippen LogP contribution in [0.3, 0.4) is 0 Å². The smallest absolute Gasteiger partial charge is 0.155 e. The van der Waals surface area contributed by atoms with Gasteiger partial charge in [0.05, 0.1) is 12.1 Å². The van der Waals surface area contributed by atoms with E-state index in [-0.39, 0.29) is 0 Å². The molecule has 0 spiro atoms. The molecule has 0 bridgehead atoms. The third-order valence-corrected chi connectivity index (χ3v) is 2.69. The largest absolute Gasteiger partial charge is 0.384 e. The molecule has 15 heavy (non-hydrogen) atoms. The Bertz CT molecular complexity index is 479. The number of imidazole rings is 1. The second kappa shape index (κ2) is 4.21. The van der Waals surface area contributed by atoms with Crippen molar-refractivity contribution < 1.29 is 4.74 Å². The minimum atomic E-state index is 0.560. The van der Waals surface area contributed by atoms with E-state index in [0.29, 0.717) is 11.8 Å². The van der Waals surface area contributed by atoms with E-state index >= 15 is 0 Å². The first-order chi connectivity index (χ1) is 7.24. The highest BCUT2D eigenvalue weighted by Gasteiger charge is 2.09. The molecule has 0 aliphatic heterocycles. The lowest BCUT2D eigenvalue weighted by atomic mass is 10.3. The van der Waals surface area contributed by atoms with Crippen molar-refractivity contribution in [3.8, 4) is 0 Å². The van der Waals surface area contributed by atoms with Crippen LogP contribution < -0.4 is 0 Å². The highest BCUT2D eigenvalue weighted by molar-refractivity contribution is 6.32. The molecule has 4 heteroatoms. The standard InChI is InChI=1S/C11H13ClN2O/c1-8-4-3-5-9-11(12)13-10(14(8)9)6-7-15-2/h3-5H,6-7H2,1-2H3. The zero-order chi connectivity index (χ0) is 10.8. The third-order valence-electron chi connectivity index (χ3n) is 2.41. The van der Waals surface area contributed by atoms with Gasteiger partial charge in [-0.25, -0.2) is 4.98 Å². The van der Waals surface area contributed by atoms with E-state index in [2.05, 4.69) is 9.38 Å². The molecule has 0 fully saturated rings. The number of nitrogens with zero attached hydrogens (tertiary/aromatic N) is 2. The Labute approximate surface area is 93.6 Å². The summed E-state index contributed by atoms with van der Waals surface area (Å²) in [4.78, 5) is 4.34. The maximum Gasteiger partial charge on any atom is 0.155 e. The number of hydrogen-bond donors (Lipinski definition) is 0. The molecule has 2 aromatic rings. The van der Waals surface area contributed by atoms with Gasteiger partial charge in [-0.2, -0.15) is 0 Å². The van der Waals surface area contributed by atoms with Crippen molar-refractivity contribution in [1.82, 2.24) is 9.38 Å². The van der Waals surface area contributed by atoms with Crippen LogP contribution in [-0.4, -0.2) is 23.1 Å². The lowest BCUT2D eigenvalue weighted by Crippen LogP contribution is -2.02. The van der Waals surface area contributed by atoms with Gasteiger partial charge in [0.25, 0.3) is 0 Å². The maximum atomic E-state index is 6.06. The highest BCUT2D eigenvalue weighted by Crippen LogP contribution is 2.20.